The van der Waals surface area contributed by atoms with E-state index in [1.165, 1.54) is 70.6 Å². The van der Waals surface area contributed by atoms with Gasteiger partial charge in [-0.1, -0.05) is 151 Å². The maximum absolute atomic E-state index is 12.7. The predicted octanol–water partition coefficient (Wildman–Crippen LogP) is 10.0. The third-order valence-corrected chi connectivity index (χ3v) is 12.7. The van der Waals surface area contributed by atoms with Gasteiger partial charge in [-0.25, -0.2) is 20.9 Å². The normalized spacial score (nSPS) is 15.3. The van der Waals surface area contributed by atoms with E-state index >= 15 is 0 Å². The van der Waals surface area contributed by atoms with Gasteiger partial charge in [-0.05, 0) is 63.7 Å². The highest BCUT2D eigenvalue weighted by molar-refractivity contribution is 5.93. The van der Waals surface area contributed by atoms with E-state index in [0.29, 0.717) is 60.7 Å². The van der Waals surface area contributed by atoms with Gasteiger partial charge in [-0.15, -0.1) is 0 Å². The van der Waals surface area contributed by atoms with Gasteiger partial charge >= 0.3 is 0 Å². The van der Waals surface area contributed by atoms with E-state index in [4.69, 9.17) is 18.5 Å². The Morgan fingerprint density at radius 3 is 1.62 bits per heavy atom. The zero-order chi connectivity index (χ0) is 46.9. The Morgan fingerprint density at radius 2 is 1.17 bits per heavy atom. The number of amides is 3. The van der Waals surface area contributed by atoms with Crippen LogP contribution in [0.2, 0.25) is 0 Å². The monoisotopic (exact) mass is 911 g/mol. The first kappa shape index (κ1) is 51.8. The number of carbonyl (C=O) groups is 4. The van der Waals surface area contributed by atoms with E-state index in [1.54, 1.807) is 13.8 Å². The fraction of sp³-hybridized carbons (Fsp3) is 0.577. The summed E-state index contributed by atoms with van der Waals surface area (Å²) >= 11 is 0. The maximum Gasteiger partial charge on any atom is 0.273 e. The summed E-state index contributed by atoms with van der Waals surface area (Å²) in [7, 11) is 3.91. The van der Waals surface area contributed by atoms with Crippen molar-refractivity contribution in [1.29, 1.82) is 0 Å². The summed E-state index contributed by atoms with van der Waals surface area (Å²) in [4.78, 5) is 70.7. The lowest BCUT2D eigenvalue weighted by atomic mass is 9.84. The molecule has 0 spiro atoms. The molecule has 0 bridgehead atoms. The molecule has 4 aromatic rings. The quantitative estimate of drug-likeness (QED) is 0.0426. The molecule has 2 fully saturated rings. The average molecular weight is 911 g/mol. The van der Waals surface area contributed by atoms with E-state index in [1.807, 2.05) is 79.7 Å². The summed E-state index contributed by atoms with van der Waals surface area (Å²) in [6.07, 6.45) is 20.3. The van der Waals surface area contributed by atoms with E-state index in [9.17, 15) is 19.2 Å². The van der Waals surface area contributed by atoms with Crippen LogP contribution >= 0.6 is 0 Å². The van der Waals surface area contributed by atoms with Gasteiger partial charge < -0.3 is 19.1 Å². The molecule has 6 rings (SSSR count). The molecule has 360 valence electrons. The zero-order valence-corrected chi connectivity index (χ0v) is 39.8. The molecular weight excluding hydrogens is 837 g/mol. The number of oxazole rings is 2. The number of nitrogens with zero attached hydrogens (tertiary/aromatic N) is 3. The van der Waals surface area contributed by atoms with Gasteiger partial charge in [0.15, 0.2) is 23.8 Å². The Kier molecular flexibility index (Phi) is 22.6. The summed E-state index contributed by atoms with van der Waals surface area (Å²) in [5.41, 5.74) is 7.66. The maximum atomic E-state index is 12.7. The Morgan fingerprint density at radius 1 is 0.697 bits per heavy atom. The molecule has 14 heteroatoms. The van der Waals surface area contributed by atoms with Crippen molar-refractivity contribution in [3.05, 3.63) is 106 Å². The summed E-state index contributed by atoms with van der Waals surface area (Å²) in [6.45, 7) is 5.35. The van der Waals surface area contributed by atoms with E-state index in [2.05, 4.69) is 26.2 Å². The number of aromatic nitrogens is 2. The lowest BCUT2D eigenvalue weighted by Crippen LogP contribution is -2.31. The molecule has 14 nitrogen and oxygen atoms in total. The molecule has 0 aliphatic heterocycles. The Bertz CT molecular complexity index is 2020. The van der Waals surface area contributed by atoms with Crippen LogP contribution in [0.25, 0.3) is 0 Å². The third kappa shape index (κ3) is 18.6. The van der Waals surface area contributed by atoms with Crippen molar-refractivity contribution in [2.24, 2.45) is 11.8 Å². The number of aryl methyl sites for hydroxylation is 2. The third-order valence-electron chi connectivity index (χ3n) is 12.7. The van der Waals surface area contributed by atoms with Crippen LogP contribution in [0.4, 0.5) is 0 Å². The van der Waals surface area contributed by atoms with Crippen molar-refractivity contribution in [3.63, 3.8) is 0 Å². The highest BCUT2D eigenvalue weighted by atomic mass is 16.7. The van der Waals surface area contributed by atoms with Crippen LogP contribution in [0.3, 0.4) is 0 Å². The van der Waals surface area contributed by atoms with Crippen molar-refractivity contribution in [2.45, 2.75) is 154 Å². The highest BCUT2D eigenvalue weighted by Crippen LogP contribution is 2.33. The molecular formula is C52H74N6O8. The van der Waals surface area contributed by atoms with E-state index in [0.717, 1.165) is 61.6 Å². The summed E-state index contributed by atoms with van der Waals surface area (Å²) in [6, 6.07) is 19.4. The van der Waals surface area contributed by atoms with Gasteiger partial charge in [0.05, 0.1) is 13.2 Å². The second-order valence-corrected chi connectivity index (χ2v) is 18.4. The zero-order valence-electron chi connectivity index (χ0n) is 39.8. The smallest absolute Gasteiger partial charge is 0.273 e. The number of benzene rings is 2. The fourth-order valence-corrected chi connectivity index (χ4v) is 8.95. The Labute approximate surface area is 391 Å². The molecule has 3 amide bonds. The van der Waals surface area contributed by atoms with Crippen LogP contribution in [0.15, 0.2) is 69.5 Å². The number of likely N-dealkylation sites (N-methyl/N-ethyl adjacent to an activating group) is 1. The molecule has 2 aliphatic carbocycles. The number of aldehydes is 1. The standard InChI is InChI=1S/C28H42N4O4.C24H32N2O4/c1-21-26(27(34)29-17-18-32(2)3)30-28(36-21)24(16-10-15-22-11-6-4-7-12-22)19-25(33)31-35-20-23-13-8-5-9-14-23;1-18-22(16-27)25-24(30-18)21(14-8-13-19-9-4-2-5-10-19)15-23(28)26-29-17-20-11-6-3-7-12-20/h5,8-9,13-14,22,24H,4,6-7,10-12,15-20H2,1-3H3,(H,29,34)(H,31,33);3,6-7,11-12,16,19,21H,2,4-5,8-10,13-15,17H2,1H3,(H,26,28)/t24-;21-/m11/s1. The SMILES string of the molecule is Cc1oc([C@H](CCCC2CCCCC2)CC(=O)NOCc2ccccc2)nc1C(=O)NCCN(C)C.Cc1oc([C@H](CCCC2CCCCC2)CC(=O)NOCc2ccccc2)nc1C=O. The minimum atomic E-state index is -0.249. The van der Waals surface area contributed by atoms with Crippen molar-refractivity contribution < 1.29 is 37.7 Å². The fourth-order valence-electron chi connectivity index (χ4n) is 8.95. The van der Waals surface area contributed by atoms with Gasteiger partial charge in [0.25, 0.3) is 5.91 Å². The molecule has 0 radical (unpaired) electrons. The number of hydrogen-bond acceptors (Lipinski definition) is 11. The molecule has 3 N–H and O–H groups in total. The van der Waals surface area contributed by atoms with Crippen LogP contribution in [-0.4, -0.2) is 66.1 Å². The first-order valence-corrected chi connectivity index (χ1v) is 24.3. The van der Waals surface area contributed by atoms with Crippen LogP contribution in [-0.2, 0) is 32.5 Å². The molecule has 0 saturated heterocycles. The van der Waals surface area contributed by atoms with Crippen LogP contribution < -0.4 is 16.3 Å². The average Bonchev–Trinajstić information content (AvgIpc) is 3.91. The molecule has 66 heavy (non-hydrogen) atoms. The minimum absolute atomic E-state index is 0.165. The molecule has 2 aliphatic rings. The first-order valence-electron chi connectivity index (χ1n) is 24.3. The Hall–Kier alpha value is -5.18. The molecule has 2 heterocycles. The van der Waals surface area contributed by atoms with Gasteiger partial charge in [-0.3, -0.25) is 28.9 Å². The Balaban J connectivity index is 0.000000251. The van der Waals surface area contributed by atoms with Crippen molar-refractivity contribution >= 4 is 24.0 Å². The molecule has 2 aromatic carbocycles. The van der Waals surface area contributed by atoms with Gasteiger partial charge in [0.2, 0.25) is 11.8 Å². The highest BCUT2D eigenvalue weighted by Gasteiger charge is 2.27. The largest absolute Gasteiger partial charge is 0.445 e. The van der Waals surface area contributed by atoms with E-state index < -0.39 is 0 Å². The number of hydroxylamine groups is 2. The van der Waals surface area contributed by atoms with Crippen molar-refractivity contribution in [3.8, 4) is 0 Å². The van der Waals surface area contributed by atoms with E-state index in [-0.39, 0.29) is 42.4 Å². The number of rotatable bonds is 25. The second-order valence-electron chi connectivity index (χ2n) is 18.4. The van der Waals surface area contributed by atoms with Crippen LogP contribution in [0, 0.1) is 25.7 Å². The lowest BCUT2D eigenvalue weighted by molar-refractivity contribution is -0.135. The number of carbonyl (C=O) groups excluding carboxylic acids is 4. The number of nitrogens with one attached hydrogen (secondary N) is 3. The summed E-state index contributed by atoms with van der Waals surface area (Å²) in [5, 5.41) is 2.89. The molecule has 2 atom stereocenters. The van der Waals surface area contributed by atoms with Crippen molar-refractivity contribution in [1.82, 2.24) is 31.1 Å². The summed E-state index contributed by atoms with van der Waals surface area (Å²) in [5.74, 6) is 2.40. The molecule has 2 saturated carbocycles. The lowest BCUT2D eigenvalue weighted by Gasteiger charge is -2.22. The number of hydrogen-bond donors (Lipinski definition) is 3. The van der Waals surface area contributed by atoms with Gasteiger partial charge in [0.1, 0.15) is 17.2 Å². The van der Waals surface area contributed by atoms with Crippen LogP contribution in [0.1, 0.15) is 183 Å². The van der Waals surface area contributed by atoms with Gasteiger partial charge in [-0.2, -0.15) is 0 Å². The van der Waals surface area contributed by atoms with Crippen LogP contribution in [0.5, 0.6) is 0 Å². The summed E-state index contributed by atoms with van der Waals surface area (Å²) < 4.78 is 11.7. The first-order chi connectivity index (χ1) is 32.1. The predicted molar refractivity (Wildman–Crippen MR) is 253 cm³/mol. The molecule has 0 unspecified atom stereocenters. The molecule has 2 aromatic heterocycles. The van der Waals surface area contributed by atoms with Gasteiger partial charge in [0, 0.05) is 37.8 Å². The minimum Gasteiger partial charge on any atom is -0.445 e. The second kappa shape index (κ2) is 28.8. The topological polar surface area (TPSA) is 178 Å². The van der Waals surface area contributed by atoms with Crippen molar-refractivity contribution in [2.75, 3.05) is 27.2 Å².